The third-order valence-corrected chi connectivity index (χ3v) is 5.66. The summed E-state index contributed by atoms with van der Waals surface area (Å²) in [5.41, 5.74) is 0.380. The fourth-order valence-electron chi connectivity index (χ4n) is 2.46. The molecule has 0 bridgehead atoms. The van der Waals surface area contributed by atoms with E-state index in [-0.39, 0.29) is 28.0 Å². The summed E-state index contributed by atoms with van der Waals surface area (Å²) >= 11 is 9.64. The third kappa shape index (κ3) is 5.00. The van der Waals surface area contributed by atoms with Gasteiger partial charge in [0, 0.05) is 16.6 Å². The zero-order valence-corrected chi connectivity index (χ0v) is 17.7. The number of nitro groups is 1. The number of anilines is 1. The summed E-state index contributed by atoms with van der Waals surface area (Å²) in [4.78, 5) is 36.7. The number of benzene rings is 2. The van der Waals surface area contributed by atoms with Gasteiger partial charge in [0.15, 0.2) is 0 Å². The molecule has 2 amide bonds. The van der Waals surface area contributed by atoms with Gasteiger partial charge in [0.25, 0.3) is 11.6 Å². The Morgan fingerprint density at radius 1 is 1.34 bits per heavy atom. The molecule has 1 heterocycles. The van der Waals surface area contributed by atoms with Crippen LogP contribution in [0.3, 0.4) is 0 Å². The molecule has 0 aromatic heterocycles. The average molecular weight is 494 g/mol. The molecule has 11 heteroatoms. The number of thiocarbonyl (C=S) groups is 1. The Labute approximate surface area is 182 Å². The molecule has 0 saturated carbocycles. The van der Waals surface area contributed by atoms with Crippen molar-refractivity contribution in [2.24, 2.45) is 0 Å². The van der Waals surface area contributed by atoms with Crippen LogP contribution in [-0.4, -0.2) is 37.6 Å². The zero-order valence-electron chi connectivity index (χ0n) is 14.5. The molecule has 0 atom stereocenters. The van der Waals surface area contributed by atoms with Gasteiger partial charge < -0.3 is 10.4 Å². The maximum absolute atomic E-state index is 12.6. The molecule has 29 heavy (non-hydrogen) atoms. The number of halogens is 1. The maximum atomic E-state index is 12.6. The van der Waals surface area contributed by atoms with Crippen molar-refractivity contribution < 1.29 is 19.6 Å². The zero-order chi connectivity index (χ0) is 21.1. The number of carbonyl (C=O) groups excluding carboxylic acids is 2. The van der Waals surface area contributed by atoms with Crippen LogP contribution in [-0.2, 0) is 9.59 Å². The van der Waals surface area contributed by atoms with Crippen molar-refractivity contribution in [1.29, 1.82) is 0 Å². The molecule has 148 valence electrons. The molecule has 2 aromatic rings. The molecule has 3 rings (SSSR count). The summed E-state index contributed by atoms with van der Waals surface area (Å²) in [6, 6.07) is 10.6. The number of aromatic hydroxyl groups is 1. The fourth-order valence-corrected chi connectivity index (χ4v) is 4.13. The lowest BCUT2D eigenvalue weighted by Gasteiger charge is -2.14. The number of hydrogen-bond acceptors (Lipinski definition) is 7. The van der Waals surface area contributed by atoms with E-state index in [1.54, 1.807) is 6.08 Å². The standard InChI is InChI=1S/C18H12BrN3O5S2/c19-11-3-1-2-10(6-11)7-15-17(25)21(18(28)29-15)9-16(24)20-13-8-12(22(26)27)4-5-14(13)23/h1-8,23H,9H2,(H,20,24)/b15-7-. The van der Waals surface area contributed by atoms with Crippen LogP contribution in [0.4, 0.5) is 11.4 Å². The van der Waals surface area contributed by atoms with E-state index >= 15 is 0 Å². The first kappa shape index (κ1) is 21.0. The summed E-state index contributed by atoms with van der Waals surface area (Å²) < 4.78 is 1.08. The molecule has 1 fully saturated rings. The Bertz CT molecular complexity index is 1070. The van der Waals surface area contributed by atoms with Gasteiger partial charge in [-0.05, 0) is 29.8 Å². The minimum atomic E-state index is -0.652. The van der Waals surface area contributed by atoms with E-state index in [1.165, 1.54) is 0 Å². The van der Waals surface area contributed by atoms with Crippen LogP contribution in [0, 0.1) is 10.1 Å². The van der Waals surface area contributed by atoms with Gasteiger partial charge in [-0.25, -0.2) is 0 Å². The first-order valence-electron chi connectivity index (χ1n) is 8.03. The number of phenolic OH excluding ortho intramolecular Hbond substituents is 1. The molecular weight excluding hydrogens is 482 g/mol. The highest BCUT2D eigenvalue weighted by atomic mass is 79.9. The molecule has 0 aliphatic carbocycles. The van der Waals surface area contributed by atoms with Crippen molar-refractivity contribution in [2.45, 2.75) is 0 Å². The van der Waals surface area contributed by atoms with Gasteiger partial charge in [-0.2, -0.15) is 0 Å². The molecule has 0 unspecified atom stereocenters. The first-order valence-corrected chi connectivity index (χ1v) is 10.0. The summed E-state index contributed by atoms with van der Waals surface area (Å²) in [5, 5.41) is 23.0. The Balaban J connectivity index is 1.72. The van der Waals surface area contributed by atoms with Crippen LogP contribution in [0.5, 0.6) is 5.75 Å². The Kier molecular flexibility index (Phi) is 6.30. The lowest BCUT2D eigenvalue weighted by atomic mass is 10.2. The summed E-state index contributed by atoms with van der Waals surface area (Å²) in [7, 11) is 0. The maximum Gasteiger partial charge on any atom is 0.271 e. The van der Waals surface area contributed by atoms with Crippen LogP contribution in [0.15, 0.2) is 51.8 Å². The van der Waals surface area contributed by atoms with Crippen LogP contribution >= 0.6 is 39.9 Å². The second-order valence-electron chi connectivity index (χ2n) is 5.83. The first-order chi connectivity index (χ1) is 13.7. The SMILES string of the molecule is O=C(CN1C(=O)/C(=C/c2cccc(Br)c2)SC1=S)Nc1cc([N+](=O)[O-])ccc1O. The number of phenols is 1. The van der Waals surface area contributed by atoms with Crippen molar-refractivity contribution in [1.82, 2.24) is 4.90 Å². The normalized spacial score (nSPS) is 15.1. The number of nitrogens with zero attached hydrogens (tertiary/aromatic N) is 2. The van der Waals surface area contributed by atoms with Gasteiger partial charge in [0.05, 0.1) is 15.5 Å². The van der Waals surface area contributed by atoms with Crippen LogP contribution in [0.1, 0.15) is 5.56 Å². The number of hydrogen-bond donors (Lipinski definition) is 2. The fraction of sp³-hybridized carbons (Fsp3) is 0.0556. The quantitative estimate of drug-likeness (QED) is 0.213. The number of amides is 2. The minimum absolute atomic E-state index is 0.126. The monoisotopic (exact) mass is 493 g/mol. The van der Waals surface area contributed by atoms with Gasteiger partial charge in [-0.15, -0.1) is 0 Å². The van der Waals surface area contributed by atoms with Crippen LogP contribution in [0.2, 0.25) is 0 Å². The van der Waals surface area contributed by atoms with Gasteiger partial charge in [-0.1, -0.05) is 52.0 Å². The number of nitro benzene ring substituents is 1. The second kappa shape index (κ2) is 8.72. The van der Waals surface area contributed by atoms with Crippen molar-refractivity contribution >= 4 is 73.5 Å². The van der Waals surface area contributed by atoms with Crippen LogP contribution in [0.25, 0.3) is 6.08 Å². The number of rotatable bonds is 5. The number of nitrogens with one attached hydrogen (secondary N) is 1. The lowest BCUT2D eigenvalue weighted by Crippen LogP contribution is -2.36. The average Bonchev–Trinajstić information content (AvgIpc) is 2.91. The topological polar surface area (TPSA) is 113 Å². The summed E-state index contributed by atoms with van der Waals surface area (Å²) in [5.74, 6) is -1.40. The highest BCUT2D eigenvalue weighted by Gasteiger charge is 2.33. The van der Waals surface area contributed by atoms with Crippen molar-refractivity contribution in [3.63, 3.8) is 0 Å². The van der Waals surface area contributed by atoms with Gasteiger partial charge in [0.2, 0.25) is 5.91 Å². The highest BCUT2D eigenvalue weighted by Crippen LogP contribution is 2.33. The van der Waals surface area contributed by atoms with Gasteiger partial charge in [0.1, 0.15) is 16.6 Å². The van der Waals surface area contributed by atoms with Crippen molar-refractivity contribution in [3.8, 4) is 5.75 Å². The van der Waals surface area contributed by atoms with Crippen molar-refractivity contribution in [2.75, 3.05) is 11.9 Å². The van der Waals surface area contributed by atoms with E-state index < -0.39 is 16.7 Å². The lowest BCUT2D eigenvalue weighted by molar-refractivity contribution is -0.384. The molecule has 2 aromatic carbocycles. The van der Waals surface area contributed by atoms with Crippen LogP contribution < -0.4 is 5.32 Å². The van der Waals surface area contributed by atoms with E-state index in [0.717, 1.165) is 44.9 Å². The van der Waals surface area contributed by atoms with E-state index in [2.05, 4.69) is 21.2 Å². The highest BCUT2D eigenvalue weighted by molar-refractivity contribution is 9.10. The summed E-state index contributed by atoms with van der Waals surface area (Å²) in [6.45, 7) is -0.386. The third-order valence-electron chi connectivity index (χ3n) is 3.79. The second-order valence-corrected chi connectivity index (χ2v) is 8.42. The Hall–Kier alpha value is -2.76. The Morgan fingerprint density at radius 2 is 2.10 bits per heavy atom. The molecular formula is C18H12BrN3O5S2. The molecule has 1 aliphatic rings. The van der Waals surface area contributed by atoms with Gasteiger partial charge >= 0.3 is 0 Å². The van der Waals surface area contributed by atoms with E-state index in [0.29, 0.717) is 4.91 Å². The molecule has 0 radical (unpaired) electrons. The molecule has 8 nitrogen and oxygen atoms in total. The predicted octanol–water partition coefficient (Wildman–Crippen LogP) is 3.90. The summed E-state index contributed by atoms with van der Waals surface area (Å²) in [6.07, 6.45) is 1.67. The molecule has 0 spiro atoms. The van der Waals surface area contributed by atoms with Crippen molar-refractivity contribution in [3.05, 3.63) is 67.5 Å². The Morgan fingerprint density at radius 3 is 2.79 bits per heavy atom. The van der Waals surface area contributed by atoms with Gasteiger partial charge in [-0.3, -0.25) is 24.6 Å². The number of carbonyl (C=O) groups is 2. The van der Waals surface area contributed by atoms with E-state index in [1.807, 2.05) is 24.3 Å². The molecule has 2 N–H and O–H groups in total. The van der Waals surface area contributed by atoms with E-state index in [9.17, 15) is 24.8 Å². The largest absolute Gasteiger partial charge is 0.506 e. The van der Waals surface area contributed by atoms with E-state index in [4.69, 9.17) is 12.2 Å². The smallest absolute Gasteiger partial charge is 0.271 e. The number of thioether (sulfide) groups is 1. The predicted molar refractivity (Wildman–Crippen MR) is 117 cm³/mol. The molecule has 1 saturated heterocycles. The minimum Gasteiger partial charge on any atom is -0.506 e. The number of non-ortho nitro benzene ring substituents is 1. The molecule has 1 aliphatic heterocycles.